The molecule has 2 aromatic heterocycles. The fraction of sp³-hybridized carbons (Fsp3) is 0.412. The van der Waals surface area contributed by atoms with Crippen LogP contribution in [0.5, 0.6) is 0 Å². The van der Waals surface area contributed by atoms with E-state index in [4.69, 9.17) is 5.73 Å². The van der Waals surface area contributed by atoms with Crippen molar-refractivity contribution in [3.8, 4) is 11.3 Å². The van der Waals surface area contributed by atoms with Gasteiger partial charge in [0.05, 0.1) is 11.9 Å². The summed E-state index contributed by atoms with van der Waals surface area (Å²) < 4.78 is 24.7. The van der Waals surface area contributed by atoms with Gasteiger partial charge in [0.25, 0.3) is 0 Å². The molecule has 0 spiro atoms. The van der Waals surface area contributed by atoms with Crippen molar-refractivity contribution in [2.45, 2.75) is 19.3 Å². The molecule has 1 aliphatic heterocycles. The van der Waals surface area contributed by atoms with Crippen molar-refractivity contribution < 1.29 is 8.42 Å². The second kappa shape index (κ2) is 6.86. The third-order valence-electron chi connectivity index (χ3n) is 4.47. The maximum absolute atomic E-state index is 11.6. The van der Waals surface area contributed by atoms with E-state index in [9.17, 15) is 8.42 Å². The number of nitrogen functional groups attached to an aromatic ring is 1. The summed E-state index contributed by atoms with van der Waals surface area (Å²) in [5, 5.41) is 0. The highest BCUT2D eigenvalue weighted by atomic mass is 32.2. The average molecular weight is 346 g/mol. The maximum atomic E-state index is 11.6. The lowest BCUT2D eigenvalue weighted by Gasteiger charge is -2.30. The number of nitrogens with zero attached hydrogens (tertiary/aromatic N) is 3. The number of rotatable bonds is 4. The Labute approximate surface area is 142 Å². The Balaban J connectivity index is 1.66. The molecule has 0 radical (unpaired) electrons. The summed E-state index contributed by atoms with van der Waals surface area (Å²) >= 11 is 0. The molecule has 3 rings (SSSR count). The average Bonchev–Trinajstić information content (AvgIpc) is 2.55. The van der Waals surface area contributed by atoms with Gasteiger partial charge in [0, 0.05) is 31.0 Å². The van der Waals surface area contributed by atoms with E-state index in [1.807, 2.05) is 18.3 Å². The zero-order valence-electron chi connectivity index (χ0n) is 13.7. The van der Waals surface area contributed by atoms with Crippen molar-refractivity contribution in [2.24, 2.45) is 5.92 Å². The number of piperidine rings is 1. The Kier molecular flexibility index (Phi) is 4.82. The Morgan fingerprint density at radius 1 is 1.21 bits per heavy atom. The van der Waals surface area contributed by atoms with Crippen LogP contribution in [-0.2, 0) is 16.4 Å². The van der Waals surface area contributed by atoms with Crippen molar-refractivity contribution in [3.63, 3.8) is 0 Å². The lowest BCUT2D eigenvalue weighted by atomic mass is 9.91. The number of hydrogen-bond acceptors (Lipinski definition) is 5. The van der Waals surface area contributed by atoms with Crippen LogP contribution in [0.25, 0.3) is 11.3 Å². The largest absolute Gasteiger partial charge is 0.384 e. The Bertz CT molecular complexity index is 798. The Morgan fingerprint density at radius 3 is 2.58 bits per heavy atom. The van der Waals surface area contributed by atoms with Gasteiger partial charge in [-0.25, -0.2) is 17.7 Å². The third kappa shape index (κ3) is 4.10. The fourth-order valence-corrected chi connectivity index (χ4v) is 3.97. The highest BCUT2D eigenvalue weighted by molar-refractivity contribution is 7.88. The molecule has 0 amide bonds. The van der Waals surface area contributed by atoms with Crippen molar-refractivity contribution in [3.05, 3.63) is 42.2 Å². The van der Waals surface area contributed by atoms with Gasteiger partial charge in [-0.3, -0.25) is 4.98 Å². The van der Waals surface area contributed by atoms with Gasteiger partial charge in [0.2, 0.25) is 10.0 Å². The molecule has 2 N–H and O–H groups in total. The van der Waals surface area contributed by atoms with Crippen LogP contribution in [0, 0.1) is 5.92 Å². The zero-order chi connectivity index (χ0) is 17.2. The van der Waals surface area contributed by atoms with Crippen molar-refractivity contribution in [1.29, 1.82) is 0 Å². The first-order chi connectivity index (χ1) is 11.4. The van der Waals surface area contributed by atoms with Crippen LogP contribution in [-0.4, -0.2) is 42.0 Å². The van der Waals surface area contributed by atoms with Gasteiger partial charge in [-0.05, 0) is 55.0 Å². The summed E-state index contributed by atoms with van der Waals surface area (Å²) in [6.07, 6.45) is 7.56. The molecule has 2 aromatic rings. The second-order valence-electron chi connectivity index (χ2n) is 6.33. The van der Waals surface area contributed by atoms with E-state index in [1.165, 1.54) is 11.8 Å². The molecule has 1 aliphatic rings. The topological polar surface area (TPSA) is 89.2 Å². The lowest BCUT2D eigenvalue weighted by Crippen LogP contribution is -2.38. The Hall–Kier alpha value is -1.99. The summed E-state index contributed by atoms with van der Waals surface area (Å²) in [4.78, 5) is 8.52. The molecule has 0 aromatic carbocycles. The molecular weight excluding hydrogens is 324 g/mol. The van der Waals surface area contributed by atoms with E-state index in [0.717, 1.165) is 30.5 Å². The first kappa shape index (κ1) is 16.9. The van der Waals surface area contributed by atoms with Crippen LogP contribution >= 0.6 is 0 Å². The zero-order valence-corrected chi connectivity index (χ0v) is 14.5. The highest BCUT2D eigenvalue weighted by Gasteiger charge is 2.24. The summed E-state index contributed by atoms with van der Waals surface area (Å²) in [7, 11) is -3.06. The fourth-order valence-electron chi connectivity index (χ4n) is 3.09. The molecule has 1 saturated heterocycles. The maximum Gasteiger partial charge on any atom is 0.211 e. The molecule has 7 heteroatoms. The van der Waals surface area contributed by atoms with Crippen LogP contribution < -0.4 is 5.73 Å². The number of hydrogen-bond donors (Lipinski definition) is 1. The third-order valence-corrected chi connectivity index (χ3v) is 5.78. The lowest BCUT2D eigenvalue weighted by molar-refractivity contribution is 0.274. The molecule has 1 fully saturated rings. The van der Waals surface area contributed by atoms with E-state index in [2.05, 4.69) is 16.0 Å². The number of pyridine rings is 2. The van der Waals surface area contributed by atoms with Crippen LogP contribution in [0.4, 0.5) is 5.82 Å². The molecule has 3 heterocycles. The second-order valence-corrected chi connectivity index (χ2v) is 8.31. The summed E-state index contributed by atoms with van der Waals surface area (Å²) in [5.74, 6) is 0.996. The minimum atomic E-state index is -3.06. The van der Waals surface area contributed by atoms with Crippen molar-refractivity contribution in [2.75, 3.05) is 25.1 Å². The van der Waals surface area contributed by atoms with Gasteiger partial charge in [-0.1, -0.05) is 0 Å². The minimum Gasteiger partial charge on any atom is -0.384 e. The first-order valence-corrected chi connectivity index (χ1v) is 9.88. The van der Waals surface area contributed by atoms with Crippen LogP contribution in [0.3, 0.4) is 0 Å². The number of nitrogens with two attached hydrogens (primary N) is 1. The summed E-state index contributed by atoms with van der Waals surface area (Å²) in [6, 6.07) is 7.79. The van der Waals surface area contributed by atoms with E-state index in [-0.39, 0.29) is 0 Å². The molecular formula is C17H22N4O2S. The quantitative estimate of drug-likeness (QED) is 0.914. The highest BCUT2D eigenvalue weighted by Crippen LogP contribution is 2.25. The predicted octanol–water partition coefficient (Wildman–Crippen LogP) is 1.94. The molecule has 6 nitrogen and oxygen atoms in total. The number of anilines is 1. The molecule has 0 aliphatic carbocycles. The van der Waals surface area contributed by atoms with Crippen LogP contribution in [0.1, 0.15) is 18.4 Å². The van der Waals surface area contributed by atoms with Crippen LogP contribution in [0.2, 0.25) is 0 Å². The van der Waals surface area contributed by atoms with Gasteiger partial charge in [-0.15, -0.1) is 0 Å². The van der Waals surface area contributed by atoms with Crippen molar-refractivity contribution >= 4 is 15.8 Å². The SMILES string of the molecule is CS(=O)(=O)N1CCC(Cc2ccnc(-c3ccc(N)nc3)c2)CC1. The van der Waals surface area contributed by atoms with Gasteiger partial charge in [0.15, 0.2) is 0 Å². The molecule has 128 valence electrons. The van der Waals surface area contributed by atoms with E-state index >= 15 is 0 Å². The standard InChI is InChI=1S/C17H22N4O2S/c1-24(22,23)21-8-5-13(6-9-21)10-14-4-7-19-16(11-14)15-2-3-17(18)20-12-15/h2-4,7,11-13H,5-6,8-10H2,1H3,(H2,18,20). The smallest absolute Gasteiger partial charge is 0.211 e. The molecule has 0 saturated carbocycles. The number of aromatic nitrogens is 2. The molecule has 0 atom stereocenters. The normalized spacial score (nSPS) is 17.0. The summed E-state index contributed by atoms with van der Waals surface area (Å²) in [6.45, 7) is 1.23. The monoisotopic (exact) mass is 346 g/mol. The van der Waals surface area contributed by atoms with E-state index < -0.39 is 10.0 Å². The predicted molar refractivity (Wildman–Crippen MR) is 94.7 cm³/mol. The van der Waals surface area contributed by atoms with Gasteiger partial charge >= 0.3 is 0 Å². The Morgan fingerprint density at radius 2 is 1.96 bits per heavy atom. The number of sulfonamides is 1. The molecule has 0 bridgehead atoms. The van der Waals surface area contributed by atoms with Gasteiger partial charge < -0.3 is 5.73 Å². The minimum absolute atomic E-state index is 0.493. The van der Waals surface area contributed by atoms with E-state index in [1.54, 1.807) is 16.6 Å². The van der Waals surface area contributed by atoms with Crippen molar-refractivity contribution in [1.82, 2.24) is 14.3 Å². The summed E-state index contributed by atoms with van der Waals surface area (Å²) in [5.41, 5.74) is 8.66. The van der Waals surface area contributed by atoms with Crippen LogP contribution in [0.15, 0.2) is 36.7 Å². The van der Waals surface area contributed by atoms with Gasteiger partial charge in [-0.2, -0.15) is 0 Å². The first-order valence-electron chi connectivity index (χ1n) is 8.04. The van der Waals surface area contributed by atoms with Gasteiger partial charge in [0.1, 0.15) is 5.82 Å². The molecule has 0 unspecified atom stereocenters. The van der Waals surface area contributed by atoms with E-state index in [0.29, 0.717) is 24.8 Å². The molecule has 24 heavy (non-hydrogen) atoms.